The number of aliphatic carboxylic acids is 1. The van der Waals surface area contributed by atoms with Gasteiger partial charge in [0.25, 0.3) is 0 Å². The Bertz CT molecular complexity index is 2000. The van der Waals surface area contributed by atoms with Gasteiger partial charge in [-0.3, -0.25) is 33.8 Å². The Morgan fingerprint density at radius 1 is 0.603 bits per heavy atom. The molecule has 340 valence electrons. The fourth-order valence-corrected chi connectivity index (χ4v) is 6.31. The summed E-state index contributed by atoms with van der Waals surface area (Å²) in [6.45, 7) is 2.87. The van der Waals surface area contributed by atoms with E-state index in [0.29, 0.717) is 29.5 Å². The zero-order chi connectivity index (χ0) is 46.3. The van der Waals surface area contributed by atoms with Gasteiger partial charge in [0.2, 0.25) is 35.4 Å². The topological polar surface area (TPSA) is 323 Å². The molecule has 19 nitrogen and oxygen atoms in total. The van der Waals surface area contributed by atoms with Crippen LogP contribution in [0.15, 0.2) is 89.9 Å². The molecule has 63 heavy (non-hydrogen) atoms. The van der Waals surface area contributed by atoms with Gasteiger partial charge < -0.3 is 59.3 Å². The zero-order valence-corrected chi connectivity index (χ0v) is 35.5. The maximum atomic E-state index is 14.0. The molecule has 0 saturated heterocycles. The summed E-state index contributed by atoms with van der Waals surface area (Å²) in [5.41, 5.74) is 19.0. The van der Waals surface area contributed by atoms with Crippen molar-refractivity contribution in [2.45, 2.75) is 101 Å². The molecule has 0 unspecified atom stereocenters. The van der Waals surface area contributed by atoms with Crippen LogP contribution in [-0.4, -0.2) is 107 Å². The number of phenols is 1. The van der Waals surface area contributed by atoms with Crippen molar-refractivity contribution in [1.82, 2.24) is 31.9 Å². The van der Waals surface area contributed by atoms with Gasteiger partial charge in [-0.25, -0.2) is 4.79 Å². The van der Waals surface area contributed by atoms with Gasteiger partial charge in [-0.05, 0) is 61.4 Å². The molecule has 0 saturated carbocycles. The molecule has 0 fully saturated rings. The number of hydrogen-bond acceptors (Lipinski definition) is 10. The van der Waals surface area contributed by atoms with Crippen LogP contribution < -0.4 is 49.1 Å². The third-order valence-electron chi connectivity index (χ3n) is 9.79. The van der Waals surface area contributed by atoms with Crippen LogP contribution in [0.25, 0.3) is 0 Å². The zero-order valence-electron chi connectivity index (χ0n) is 35.5. The summed E-state index contributed by atoms with van der Waals surface area (Å²) in [6.07, 6.45) is 1.70. The molecule has 14 N–H and O–H groups in total. The van der Waals surface area contributed by atoms with Crippen molar-refractivity contribution in [3.8, 4) is 5.75 Å². The molecule has 3 aromatic carbocycles. The first-order chi connectivity index (χ1) is 30.1. The third kappa shape index (κ3) is 18.6. The number of carbonyl (C=O) groups excluding carboxylic acids is 6. The Kier molecular flexibility index (Phi) is 21.0. The van der Waals surface area contributed by atoms with Crippen LogP contribution in [0.3, 0.4) is 0 Å². The molecule has 0 aromatic heterocycles. The number of carbonyl (C=O) groups is 7. The quantitative estimate of drug-likeness (QED) is 0.0280. The van der Waals surface area contributed by atoms with Gasteiger partial charge in [0.1, 0.15) is 36.0 Å². The molecule has 0 bridgehead atoms. The number of hydrogen-bond donors (Lipinski definition) is 11. The van der Waals surface area contributed by atoms with Crippen molar-refractivity contribution >= 4 is 47.4 Å². The van der Waals surface area contributed by atoms with Gasteiger partial charge in [0, 0.05) is 19.4 Å². The summed E-state index contributed by atoms with van der Waals surface area (Å²) >= 11 is 0. The van der Waals surface area contributed by atoms with Gasteiger partial charge in [0.05, 0.1) is 12.6 Å². The van der Waals surface area contributed by atoms with E-state index in [-0.39, 0.29) is 56.8 Å². The molecule has 0 aliphatic rings. The highest BCUT2D eigenvalue weighted by atomic mass is 16.4. The maximum Gasteiger partial charge on any atom is 0.326 e. The Labute approximate surface area is 366 Å². The summed E-state index contributed by atoms with van der Waals surface area (Å²) in [6, 6.07) is 16.6. The number of benzene rings is 3. The number of rotatable bonds is 26. The van der Waals surface area contributed by atoms with E-state index in [1.165, 1.54) is 19.1 Å². The Balaban J connectivity index is 1.71. The summed E-state index contributed by atoms with van der Waals surface area (Å²) in [5, 5.41) is 34.9. The molecular weight excluding hydrogens is 813 g/mol. The van der Waals surface area contributed by atoms with E-state index in [1.54, 1.807) is 72.8 Å². The predicted molar refractivity (Wildman–Crippen MR) is 235 cm³/mol. The van der Waals surface area contributed by atoms with Crippen LogP contribution in [0.2, 0.25) is 0 Å². The standard InChI is InChI=1S/C44H60N10O9/c1-3-4-16-33(40(59)52-34(17-11-22-48-44(46)47)41(60)54-36(43(62)63)25-29-14-9-6-10-15-29)53-42(61)35(24-28-12-7-5-8-13-28)51-37(56)26-49-38(57)27(2)50-39(58)32(45)23-30-18-20-31(55)21-19-30/h5-10,12-15,18-21,27,32-36,55H,3-4,11,16-17,22-26,45H2,1-2H3,(H,49,57)(H,50,58)(H,51,56)(H,52,59)(H,53,61)(H,54,60)(H,62,63)(H4,46,47,48)/t27-,32-,33-,34-,35-,36-/m0/s1. The molecule has 0 spiro atoms. The minimum absolute atomic E-state index is 0.00761. The monoisotopic (exact) mass is 872 g/mol. The first kappa shape index (κ1) is 50.3. The second kappa shape index (κ2) is 26.3. The molecule has 0 radical (unpaired) electrons. The average Bonchev–Trinajstić information content (AvgIpc) is 3.25. The number of nitrogens with zero attached hydrogens (tertiary/aromatic N) is 1. The van der Waals surface area contributed by atoms with Crippen LogP contribution in [0.5, 0.6) is 5.75 Å². The molecule has 0 aliphatic heterocycles. The lowest BCUT2D eigenvalue weighted by Gasteiger charge is -2.26. The molecule has 19 heteroatoms. The third-order valence-corrected chi connectivity index (χ3v) is 9.79. The first-order valence-electron chi connectivity index (χ1n) is 20.7. The van der Waals surface area contributed by atoms with E-state index >= 15 is 0 Å². The van der Waals surface area contributed by atoms with E-state index in [9.17, 15) is 43.8 Å². The fraction of sp³-hybridized carbons (Fsp3) is 0.409. The molecule has 3 rings (SSSR count). The van der Waals surface area contributed by atoms with Gasteiger partial charge in [0.15, 0.2) is 5.96 Å². The normalized spacial score (nSPS) is 13.6. The Morgan fingerprint density at radius 2 is 1.10 bits per heavy atom. The highest BCUT2D eigenvalue weighted by molar-refractivity contribution is 5.96. The van der Waals surface area contributed by atoms with E-state index in [0.717, 1.165) is 0 Å². The van der Waals surface area contributed by atoms with E-state index in [2.05, 4.69) is 36.9 Å². The summed E-state index contributed by atoms with van der Waals surface area (Å²) in [4.78, 5) is 96.5. The van der Waals surface area contributed by atoms with Gasteiger partial charge in [-0.1, -0.05) is 92.6 Å². The lowest BCUT2D eigenvalue weighted by molar-refractivity contribution is -0.142. The lowest BCUT2D eigenvalue weighted by Crippen LogP contribution is -2.58. The van der Waals surface area contributed by atoms with Crippen molar-refractivity contribution in [3.05, 3.63) is 102 Å². The van der Waals surface area contributed by atoms with E-state index in [4.69, 9.17) is 17.2 Å². The average molecular weight is 873 g/mol. The minimum atomic E-state index is -1.32. The second-order valence-corrected chi connectivity index (χ2v) is 15.0. The van der Waals surface area contributed by atoms with Crippen molar-refractivity contribution in [2.24, 2.45) is 22.2 Å². The fourth-order valence-electron chi connectivity index (χ4n) is 6.31. The number of guanidine groups is 1. The maximum absolute atomic E-state index is 14.0. The van der Waals surface area contributed by atoms with Crippen LogP contribution in [-0.2, 0) is 52.8 Å². The summed E-state index contributed by atoms with van der Waals surface area (Å²) < 4.78 is 0. The van der Waals surface area contributed by atoms with Crippen molar-refractivity contribution in [3.63, 3.8) is 0 Å². The number of aliphatic imine (C=N–C) groups is 1. The van der Waals surface area contributed by atoms with Gasteiger partial charge in [-0.15, -0.1) is 0 Å². The van der Waals surface area contributed by atoms with Gasteiger partial charge in [-0.2, -0.15) is 0 Å². The number of carboxylic acids is 1. The van der Waals surface area contributed by atoms with Crippen LogP contribution in [0.1, 0.15) is 62.6 Å². The van der Waals surface area contributed by atoms with Crippen LogP contribution >= 0.6 is 0 Å². The molecule has 0 heterocycles. The number of carboxylic acid groups (broad SMARTS) is 1. The summed E-state index contributed by atoms with van der Waals surface area (Å²) in [5.74, 6) is -5.63. The SMILES string of the molecule is CCCC[C@H](NC(=O)[C@H](Cc1ccccc1)NC(=O)CNC(=O)[C@H](C)NC(=O)[C@@H](N)Cc1ccc(O)cc1)C(=O)N[C@@H](CCCN=C(N)N)C(=O)N[C@@H](Cc1ccccc1)C(=O)O. The van der Waals surface area contributed by atoms with E-state index < -0.39 is 84.2 Å². The Morgan fingerprint density at radius 3 is 1.62 bits per heavy atom. The molecule has 3 aromatic rings. The minimum Gasteiger partial charge on any atom is -0.508 e. The largest absolute Gasteiger partial charge is 0.508 e. The summed E-state index contributed by atoms with van der Waals surface area (Å²) in [7, 11) is 0. The number of amides is 6. The first-order valence-corrected chi connectivity index (χ1v) is 20.7. The van der Waals surface area contributed by atoms with Crippen LogP contribution in [0.4, 0.5) is 0 Å². The van der Waals surface area contributed by atoms with Crippen molar-refractivity contribution < 1.29 is 43.8 Å². The van der Waals surface area contributed by atoms with Crippen LogP contribution in [0, 0.1) is 0 Å². The molecule has 6 atom stereocenters. The molecule has 0 aliphatic carbocycles. The number of phenolic OH excluding ortho intramolecular Hbond substituents is 1. The Hall–Kier alpha value is -7.02. The molecule has 6 amide bonds. The highest BCUT2D eigenvalue weighted by Gasteiger charge is 2.32. The predicted octanol–water partition coefficient (Wildman–Crippen LogP) is -0.364. The molecular formula is C44H60N10O9. The van der Waals surface area contributed by atoms with Crippen molar-refractivity contribution in [2.75, 3.05) is 13.1 Å². The number of aromatic hydroxyl groups is 1. The number of unbranched alkanes of at least 4 members (excludes halogenated alkanes) is 1. The number of nitrogens with one attached hydrogen (secondary N) is 6. The second-order valence-electron chi connectivity index (χ2n) is 15.0. The number of nitrogens with two attached hydrogens (primary N) is 3. The highest BCUT2D eigenvalue weighted by Crippen LogP contribution is 2.12. The van der Waals surface area contributed by atoms with Gasteiger partial charge >= 0.3 is 5.97 Å². The van der Waals surface area contributed by atoms with E-state index in [1.807, 2.05) is 6.92 Å². The smallest absolute Gasteiger partial charge is 0.326 e. The lowest BCUT2D eigenvalue weighted by atomic mass is 10.0. The van der Waals surface area contributed by atoms with Crippen molar-refractivity contribution in [1.29, 1.82) is 0 Å².